The van der Waals surface area contributed by atoms with Gasteiger partial charge in [0.25, 0.3) is 0 Å². The molecule has 94 valence electrons. The lowest BCUT2D eigenvalue weighted by Gasteiger charge is -2.06. The van der Waals surface area contributed by atoms with Crippen LogP contribution in [-0.4, -0.2) is 15.7 Å². The summed E-state index contributed by atoms with van der Waals surface area (Å²) >= 11 is 0. The molecule has 1 amide bonds. The SMILES string of the molecule is NCc1cccc(NC(=O)CCn2cccn2)c1. The summed E-state index contributed by atoms with van der Waals surface area (Å²) in [6.45, 7) is 1.05. The zero-order valence-electron chi connectivity index (χ0n) is 10.0. The van der Waals surface area contributed by atoms with Gasteiger partial charge in [-0.3, -0.25) is 9.48 Å². The number of hydrogen-bond acceptors (Lipinski definition) is 3. The Labute approximate surface area is 106 Å². The van der Waals surface area contributed by atoms with E-state index in [1.807, 2.05) is 36.5 Å². The lowest BCUT2D eigenvalue weighted by Crippen LogP contribution is -2.14. The minimum atomic E-state index is -0.0281. The maximum Gasteiger partial charge on any atom is 0.226 e. The molecule has 5 heteroatoms. The molecule has 0 aliphatic carbocycles. The summed E-state index contributed by atoms with van der Waals surface area (Å²) in [5, 5.41) is 6.89. The molecule has 1 heterocycles. The number of aromatic nitrogens is 2. The average Bonchev–Trinajstić information content (AvgIpc) is 2.90. The summed E-state index contributed by atoms with van der Waals surface area (Å²) in [5.74, 6) is -0.0281. The molecule has 0 fully saturated rings. The first-order valence-electron chi connectivity index (χ1n) is 5.84. The van der Waals surface area contributed by atoms with E-state index >= 15 is 0 Å². The molecule has 1 aromatic carbocycles. The molecule has 0 aliphatic rings. The van der Waals surface area contributed by atoms with Crippen molar-refractivity contribution in [2.45, 2.75) is 19.5 Å². The van der Waals surface area contributed by atoms with E-state index in [4.69, 9.17) is 5.73 Å². The fourth-order valence-electron chi connectivity index (χ4n) is 1.65. The zero-order chi connectivity index (χ0) is 12.8. The molecular formula is C13H16N4O. The van der Waals surface area contributed by atoms with Crippen molar-refractivity contribution in [2.75, 3.05) is 5.32 Å². The minimum Gasteiger partial charge on any atom is -0.326 e. The first-order valence-corrected chi connectivity index (χ1v) is 5.84. The molecule has 2 aromatic rings. The summed E-state index contributed by atoms with van der Waals surface area (Å²) in [4.78, 5) is 11.7. The number of rotatable bonds is 5. The number of anilines is 1. The van der Waals surface area contributed by atoms with Crippen molar-refractivity contribution in [3.8, 4) is 0 Å². The van der Waals surface area contributed by atoms with Crippen LogP contribution >= 0.6 is 0 Å². The number of nitrogens with one attached hydrogen (secondary N) is 1. The molecule has 0 aliphatic heterocycles. The largest absolute Gasteiger partial charge is 0.326 e. The molecule has 0 bridgehead atoms. The number of carbonyl (C=O) groups excluding carboxylic acids is 1. The summed E-state index contributed by atoms with van der Waals surface area (Å²) in [5.41, 5.74) is 7.33. The monoisotopic (exact) mass is 244 g/mol. The molecule has 0 radical (unpaired) electrons. The molecule has 18 heavy (non-hydrogen) atoms. The normalized spacial score (nSPS) is 10.3. The van der Waals surface area contributed by atoms with Crippen molar-refractivity contribution in [3.05, 3.63) is 48.3 Å². The molecule has 2 rings (SSSR count). The van der Waals surface area contributed by atoms with Crippen molar-refractivity contribution >= 4 is 11.6 Å². The first-order chi connectivity index (χ1) is 8.78. The third kappa shape index (κ3) is 3.43. The molecule has 0 saturated carbocycles. The topological polar surface area (TPSA) is 72.9 Å². The molecule has 0 spiro atoms. The van der Waals surface area contributed by atoms with Gasteiger partial charge < -0.3 is 11.1 Å². The summed E-state index contributed by atoms with van der Waals surface area (Å²) in [6.07, 6.45) is 3.93. The minimum absolute atomic E-state index is 0.0281. The number of amides is 1. The van der Waals surface area contributed by atoms with Gasteiger partial charge in [0, 0.05) is 37.6 Å². The van der Waals surface area contributed by atoms with Crippen LogP contribution in [0.5, 0.6) is 0 Å². The van der Waals surface area contributed by atoms with Crippen LogP contribution in [0.1, 0.15) is 12.0 Å². The highest BCUT2D eigenvalue weighted by Gasteiger charge is 2.03. The standard InChI is InChI=1S/C13H16N4O/c14-10-11-3-1-4-12(9-11)16-13(18)5-8-17-7-2-6-15-17/h1-4,6-7,9H,5,8,10,14H2,(H,16,18). The van der Waals surface area contributed by atoms with Gasteiger partial charge in [-0.05, 0) is 23.8 Å². The Morgan fingerprint density at radius 3 is 3.00 bits per heavy atom. The third-order valence-electron chi connectivity index (χ3n) is 2.57. The Balaban J connectivity index is 1.86. The summed E-state index contributed by atoms with van der Waals surface area (Å²) in [7, 11) is 0. The smallest absolute Gasteiger partial charge is 0.226 e. The van der Waals surface area contributed by atoms with E-state index in [2.05, 4.69) is 10.4 Å². The number of carbonyl (C=O) groups is 1. The second-order valence-corrected chi connectivity index (χ2v) is 3.97. The van der Waals surface area contributed by atoms with Gasteiger partial charge in [0.15, 0.2) is 0 Å². The van der Waals surface area contributed by atoms with Crippen LogP contribution in [0.25, 0.3) is 0 Å². The Morgan fingerprint density at radius 2 is 2.28 bits per heavy atom. The Kier molecular flexibility index (Phi) is 4.09. The number of aryl methyl sites for hydroxylation is 1. The van der Waals surface area contributed by atoms with Gasteiger partial charge in [0.1, 0.15) is 0 Å². The molecule has 0 saturated heterocycles. The summed E-state index contributed by atoms with van der Waals surface area (Å²) < 4.78 is 1.73. The van der Waals surface area contributed by atoms with E-state index in [0.717, 1.165) is 11.3 Å². The van der Waals surface area contributed by atoms with Gasteiger partial charge in [-0.1, -0.05) is 12.1 Å². The number of benzene rings is 1. The van der Waals surface area contributed by atoms with E-state index in [9.17, 15) is 4.79 Å². The number of nitrogens with zero attached hydrogens (tertiary/aromatic N) is 2. The maximum atomic E-state index is 11.7. The van der Waals surface area contributed by atoms with Crippen LogP contribution in [0, 0.1) is 0 Å². The van der Waals surface area contributed by atoms with Crippen molar-refractivity contribution in [1.82, 2.24) is 9.78 Å². The van der Waals surface area contributed by atoms with Crippen LogP contribution in [0.4, 0.5) is 5.69 Å². The Bertz CT molecular complexity index is 507. The fourth-order valence-corrected chi connectivity index (χ4v) is 1.65. The predicted molar refractivity (Wildman–Crippen MR) is 69.8 cm³/mol. The lowest BCUT2D eigenvalue weighted by atomic mass is 10.2. The van der Waals surface area contributed by atoms with Gasteiger partial charge in [-0.15, -0.1) is 0 Å². The van der Waals surface area contributed by atoms with E-state index in [0.29, 0.717) is 19.5 Å². The van der Waals surface area contributed by atoms with Gasteiger partial charge in [0.2, 0.25) is 5.91 Å². The molecule has 3 N–H and O–H groups in total. The summed E-state index contributed by atoms with van der Waals surface area (Å²) in [6, 6.07) is 9.38. The Hall–Kier alpha value is -2.14. The Morgan fingerprint density at radius 1 is 1.39 bits per heavy atom. The molecule has 0 atom stereocenters. The second-order valence-electron chi connectivity index (χ2n) is 3.97. The predicted octanol–water partition coefficient (Wildman–Crippen LogP) is 1.37. The molecular weight excluding hydrogens is 228 g/mol. The zero-order valence-corrected chi connectivity index (χ0v) is 10.0. The van der Waals surface area contributed by atoms with E-state index in [1.54, 1.807) is 10.9 Å². The van der Waals surface area contributed by atoms with E-state index in [1.165, 1.54) is 0 Å². The third-order valence-corrected chi connectivity index (χ3v) is 2.57. The van der Waals surface area contributed by atoms with Crippen LogP contribution < -0.4 is 11.1 Å². The van der Waals surface area contributed by atoms with Gasteiger partial charge >= 0.3 is 0 Å². The first kappa shape index (κ1) is 12.3. The molecule has 1 aromatic heterocycles. The van der Waals surface area contributed by atoms with Gasteiger partial charge in [-0.25, -0.2) is 0 Å². The van der Waals surface area contributed by atoms with Gasteiger partial charge in [0.05, 0.1) is 0 Å². The van der Waals surface area contributed by atoms with E-state index < -0.39 is 0 Å². The van der Waals surface area contributed by atoms with Crippen LogP contribution in [0.15, 0.2) is 42.7 Å². The van der Waals surface area contributed by atoms with Crippen molar-refractivity contribution < 1.29 is 4.79 Å². The van der Waals surface area contributed by atoms with Crippen molar-refractivity contribution in [2.24, 2.45) is 5.73 Å². The maximum absolute atomic E-state index is 11.7. The van der Waals surface area contributed by atoms with Crippen LogP contribution in [0.3, 0.4) is 0 Å². The lowest BCUT2D eigenvalue weighted by molar-refractivity contribution is -0.116. The fraction of sp³-hybridized carbons (Fsp3) is 0.231. The second kappa shape index (κ2) is 5.97. The van der Waals surface area contributed by atoms with E-state index in [-0.39, 0.29) is 5.91 Å². The number of nitrogens with two attached hydrogens (primary N) is 1. The highest BCUT2D eigenvalue weighted by atomic mass is 16.1. The highest BCUT2D eigenvalue weighted by Crippen LogP contribution is 2.10. The molecule has 0 unspecified atom stereocenters. The van der Waals surface area contributed by atoms with Crippen molar-refractivity contribution in [3.63, 3.8) is 0 Å². The highest BCUT2D eigenvalue weighted by molar-refractivity contribution is 5.90. The van der Waals surface area contributed by atoms with Crippen molar-refractivity contribution in [1.29, 1.82) is 0 Å². The van der Waals surface area contributed by atoms with Gasteiger partial charge in [-0.2, -0.15) is 5.10 Å². The average molecular weight is 244 g/mol. The number of hydrogen-bond donors (Lipinski definition) is 2. The quantitative estimate of drug-likeness (QED) is 0.834. The molecule has 5 nitrogen and oxygen atoms in total. The van der Waals surface area contributed by atoms with Crippen LogP contribution in [-0.2, 0) is 17.9 Å². The van der Waals surface area contributed by atoms with Crippen LogP contribution in [0.2, 0.25) is 0 Å².